The summed E-state index contributed by atoms with van der Waals surface area (Å²) in [5.74, 6) is -1.27. The van der Waals surface area contributed by atoms with Crippen LogP contribution >= 0.6 is 0 Å². The van der Waals surface area contributed by atoms with Gasteiger partial charge in [0, 0.05) is 5.56 Å². The Morgan fingerprint density at radius 1 is 1.33 bits per heavy atom. The number of carbonyl (C=O) groups excluding carboxylic acids is 1. The van der Waals surface area contributed by atoms with Gasteiger partial charge in [0.05, 0.1) is 12.2 Å². The third-order valence-corrected chi connectivity index (χ3v) is 1.96. The van der Waals surface area contributed by atoms with E-state index in [9.17, 15) is 18.0 Å². The summed E-state index contributed by atoms with van der Waals surface area (Å²) in [6, 6.07) is 5.25. The van der Waals surface area contributed by atoms with E-state index in [4.69, 9.17) is 0 Å². The van der Waals surface area contributed by atoms with Gasteiger partial charge in [-0.3, -0.25) is 0 Å². The normalized spacial score (nSPS) is 10.9. The zero-order valence-corrected chi connectivity index (χ0v) is 9.58. The van der Waals surface area contributed by atoms with Gasteiger partial charge < -0.3 is 9.47 Å². The Hall–Kier alpha value is -1.98. The molecule has 98 valence electrons. The molecule has 0 fully saturated rings. The molecule has 1 aromatic rings. The molecule has 0 unspecified atom stereocenters. The van der Waals surface area contributed by atoms with Crippen molar-refractivity contribution in [1.82, 2.24) is 0 Å². The number of halogens is 3. The molecule has 0 radical (unpaired) electrons. The summed E-state index contributed by atoms with van der Waals surface area (Å²) in [7, 11) is 0. The first-order valence-corrected chi connectivity index (χ1v) is 5.06. The minimum Gasteiger partial charge on any atom is -0.462 e. The second-order valence-corrected chi connectivity index (χ2v) is 3.24. The highest BCUT2D eigenvalue weighted by molar-refractivity contribution is 6.16. The molecule has 3 nitrogen and oxygen atoms in total. The van der Waals surface area contributed by atoms with Crippen LogP contribution in [0.15, 0.2) is 30.8 Å². The number of hydrogen-bond acceptors (Lipinski definition) is 3. The van der Waals surface area contributed by atoms with E-state index in [-0.39, 0.29) is 17.7 Å². The molecule has 6 heteroatoms. The van der Waals surface area contributed by atoms with Crippen LogP contribution in [0.5, 0.6) is 5.75 Å². The smallest absolute Gasteiger partial charge is 0.462 e. The minimum absolute atomic E-state index is 0.0479. The molecule has 0 heterocycles. The highest BCUT2D eigenvalue weighted by Gasteiger charge is 2.32. The highest BCUT2D eigenvalue weighted by Crippen LogP contribution is 2.30. The molecule has 0 aliphatic carbocycles. The Bertz CT molecular complexity index is 452. The Kier molecular flexibility index (Phi) is 4.36. The van der Waals surface area contributed by atoms with E-state index in [0.717, 1.165) is 6.07 Å². The van der Waals surface area contributed by atoms with Gasteiger partial charge in [0.15, 0.2) is 0 Å². The van der Waals surface area contributed by atoms with Gasteiger partial charge in [-0.05, 0) is 13.0 Å². The molecular formula is C12H11F3O3. The van der Waals surface area contributed by atoms with Crippen LogP contribution in [0, 0.1) is 0 Å². The van der Waals surface area contributed by atoms with Crippen molar-refractivity contribution in [2.45, 2.75) is 13.3 Å². The van der Waals surface area contributed by atoms with Crippen LogP contribution in [-0.4, -0.2) is 18.9 Å². The standard InChI is InChI=1S/C12H11F3O3/c1-3-17-11(16)8(2)9-6-4-5-7-10(9)18-12(13,14)15/h4-7H,2-3H2,1H3. The van der Waals surface area contributed by atoms with Crippen molar-refractivity contribution in [2.75, 3.05) is 6.61 Å². The predicted octanol–water partition coefficient (Wildman–Crippen LogP) is 3.16. The summed E-state index contributed by atoms with van der Waals surface area (Å²) in [5.41, 5.74) is -0.232. The maximum Gasteiger partial charge on any atom is 0.573 e. The Morgan fingerprint density at radius 2 is 1.94 bits per heavy atom. The Morgan fingerprint density at radius 3 is 2.50 bits per heavy atom. The number of alkyl halides is 3. The first kappa shape index (κ1) is 14.1. The molecule has 18 heavy (non-hydrogen) atoms. The van der Waals surface area contributed by atoms with Gasteiger partial charge in [-0.15, -0.1) is 13.2 Å². The van der Waals surface area contributed by atoms with E-state index in [1.54, 1.807) is 6.92 Å². The monoisotopic (exact) mass is 260 g/mol. The second-order valence-electron chi connectivity index (χ2n) is 3.24. The second kappa shape index (κ2) is 5.57. The van der Waals surface area contributed by atoms with Crippen molar-refractivity contribution in [3.05, 3.63) is 36.4 Å². The molecule has 0 aromatic heterocycles. The van der Waals surface area contributed by atoms with E-state index >= 15 is 0 Å². The van der Waals surface area contributed by atoms with Crippen molar-refractivity contribution in [1.29, 1.82) is 0 Å². The molecule has 1 aromatic carbocycles. The average molecular weight is 260 g/mol. The van der Waals surface area contributed by atoms with Gasteiger partial charge in [0.1, 0.15) is 5.75 Å². The zero-order valence-electron chi connectivity index (χ0n) is 9.58. The van der Waals surface area contributed by atoms with Gasteiger partial charge in [-0.25, -0.2) is 4.79 Å². The van der Waals surface area contributed by atoms with Gasteiger partial charge in [-0.2, -0.15) is 0 Å². The number of ether oxygens (including phenoxy) is 2. The summed E-state index contributed by atoms with van der Waals surface area (Å²) in [4.78, 5) is 11.4. The van der Waals surface area contributed by atoms with Crippen LogP contribution in [0.2, 0.25) is 0 Å². The quantitative estimate of drug-likeness (QED) is 0.616. The molecule has 0 atom stereocenters. The molecule has 0 aliphatic heterocycles. The van der Waals surface area contributed by atoms with E-state index < -0.39 is 18.1 Å². The fourth-order valence-corrected chi connectivity index (χ4v) is 1.26. The lowest BCUT2D eigenvalue weighted by Crippen LogP contribution is -2.18. The van der Waals surface area contributed by atoms with Crippen molar-refractivity contribution < 1.29 is 27.4 Å². The van der Waals surface area contributed by atoms with E-state index in [2.05, 4.69) is 16.1 Å². The number of carbonyl (C=O) groups is 1. The molecule has 0 amide bonds. The highest BCUT2D eigenvalue weighted by atomic mass is 19.4. The number of hydrogen-bond donors (Lipinski definition) is 0. The lowest BCUT2D eigenvalue weighted by atomic mass is 10.1. The third-order valence-electron chi connectivity index (χ3n) is 1.96. The molecule has 0 bridgehead atoms. The van der Waals surface area contributed by atoms with Crippen molar-refractivity contribution >= 4 is 11.5 Å². The maximum atomic E-state index is 12.2. The van der Waals surface area contributed by atoms with Gasteiger partial charge >= 0.3 is 12.3 Å². The molecule has 0 saturated carbocycles. The first-order valence-electron chi connectivity index (χ1n) is 5.06. The molecule has 0 spiro atoms. The van der Waals surface area contributed by atoms with Crippen molar-refractivity contribution in [2.24, 2.45) is 0 Å². The van der Waals surface area contributed by atoms with Crippen molar-refractivity contribution in [3.63, 3.8) is 0 Å². The van der Waals surface area contributed by atoms with Crippen LogP contribution in [0.3, 0.4) is 0 Å². The fraction of sp³-hybridized carbons (Fsp3) is 0.250. The fourth-order valence-electron chi connectivity index (χ4n) is 1.26. The molecule has 1 rings (SSSR count). The topological polar surface area (TPSA) is 35.5 Å². The number of para-hydroxylation sites is 1. The molecule has 0 N–H and O–H groups in total. The Labute approximate surface area is 102 Å². The Balaban J connectivity index is 3.02. The largest absolute Gasteiger partial charge is 0.573 e. The summed E-state index contributed by atoms with van der Waals surface area (Å²) in [6.07, 6.45) is -4.83. The lowest BCUT2D eigenvalue weighted by molar-refractivity contribution is -0.274. The van der Waals surface area contributed by atoms with Crippen LogP contribution in [0.1, 0.15) is 12.5 Å². The number of rotatable bonds is 4. The van der Waals surface area contributed by atoms with Gasteiger partial charge in [0.25, 0.3) is 0 Å². The summed E-state index contributed by atoms with van der Waals surface area (Å²) >= 11 is 0. The maximum absolute atomic E-state index is 12.2. The predicted molar refractivity (Wildman–Crippen MR) is 58.8 cm³/mol. The van der Waals surface area contributed by atoms with Crippen LogP contribution in [0.4, 0.5) is 13.2 Å². The van der Waals surface area contributed by atoms with Crippen LogP contribution < -0.4 is 4.74 Å². The molecular weight excluding hydrogens is 249 g/mol. The van der Waals surface area contributed by atoms with Crippen molar-refractivity contribution in [3.8, 4) is 5.75 Å². The third kappa shape index (κ3) is 3.80. The summed E-state index contributed by atoms with van der Waals surface area (Å²) < 4.78 is 45.0. The van der Waals surface area contributed by atoms with E-state index in [1.807, 2.05) is 0 Å². The first-order chi connectivity index (χ1) is 8.35. The van der Waals surface area contributed by atoms with Crippen LogP contribution in [0.25, 0.3) is 5.57 Å². The minimum atomic E-state index is -4.83. The molecule has 0 aliphatic rings. The van der Waals surface area contributed by atoms with Crippen LogP contribution in [-0.2, 0) is 9.53 Å². The van der Waals surface area contributed by atoms with E-state index in [1.165, 1.54) is 18.2 Å². The summed E-state index contributed by atoms with van der Waals surface area (Å²) in [6.45, 7) is 5.11. The lowest BCUT2D eigenvalue weighted by Gasteiger charge is -2.13. The van der Waals surface area contributed by atoms with E-state index in [0.29, 0.717) is 0 Å². The average Bonchev–Trinajstić information content (AvgIpc) is 2.27. The van der Waals surface area contributed by atoms with Gasteiger partial charge in [-0.1, -0.05) is 24.8 Å². The molecule has 0 saturated heterocycles. The van der Waals surface area contributed by atoms with Gasteiger partial charge in [0.2, 0.25) is 0 Å². The number of benzene rings is 1. The SMILES string of the molecule is C=C(C(=O)OCC)c1ccccc1OC(F)(F)F. The summed E-state index contributed by atoms with van der Waals surface area (Å²) in [5, 5.41) is 0. The zero-order chi connectivity index (χ0) is 13.8. The number of esters is 1.